The summed E-state index contributed by atoms with van der Waals surface area (Å²) in [4.78, 5) is 11.1. The van der Waals surface area contributed by atoms with Gasteiger partial charge in [-0.25, -0.2) is 4.79 Å². The Morgan fingerprint density at radius 3 is 2.20 bits per heavy atom. The molecule has 158 valence electrons. The Morgan fingerprint density at radius 1 is 1.00 bits per heavy atom. The highest BCUT2D eigenvalue weighted by Crippen LogP contribution is 2.49. The first-order chi connectivity index (χ1) is 14.1. The van der Waals surface area contributed by atoms with Crippen molar-refractivity contribution in [1.82, 2.24) is 0 Å². The summed E-state index contributed by atoms with van der Waals surface area (Å²) in [6.45, 7) is 11.9. The van der Waals surface area contributed by atoms with Gasteiger partial charge in [0.2, 0.25) is 0 Å². The molecule has 0 aliphatic heterocycles. The molecule has 2 aromatic carbocycles. The molecular formula is C28H34O2. The number of fused-ring (bicyclic) bond motifs is 1. The summed E-state index contributed by atoms with van der Waals surface area (Å²) >= 11 is 0. The molecule has 0 heterocycles. The fourth-order valence-corrected chi connectivity index (χ4v) is 5.45. The molecule has 0 amide bonds. The minimum absolute atomic E-state index is 0.225. The number of aryl methyl sites for hydroxylation is 1. The van der Waals surface area contributed by atoms with E-state index in [4.69, 9.17) is 5.11 Å². The molecule has 1 unspecified atom stereocenters. The van der Waals surface area contributed by atoms with Gasteiger partial charge < -0.3 is 5.11 Å². The van der Waals surface area contributed by atoms with Gasteiger partial charge in [-0.3, -0.25) is 0 Å². The zero-order valence-electron chi connectivity index (χ0n) is 19.0. The molecule has 30 heavy (non-hydrogen) atoms. The number of aromatic carboxylic acids is 1. The van der Waals surface area contributed by atoms with Crippen LogP contribution >= 0.6 is 0 Å². The number of allylic oxidation sites excluding steroid dienone is 1. The quantitative estimate of drug-likeness (QED) is 0.581. The molecule has 1 fully saturated rings. The van der Waals surface area contributed by atoms with Crippen LogP contribution in [0.1, 0.15) is 104 Å². The van der Waals surface area contributed by atoms with Crippen LogP contribution in [0.25, 0.3) is 6.08 Å². The standard InChI is InChI=1S/C28H34O2/c1-18-15-24-25(28(4,5)14-13-27(24,2)3)17-23(18)22-8-6-7-21(22)16-19-9-11-20(12-10-19)26(29)30/h9-12,15-17,22H,6-8,13-14H2,1-5H3,(H,29,30)/b21-16+. The second-order valence-corrected chi connectivity index (χ2v) is 10.6. The Kier molecular flexibility index (Phi) is 5.16. The van der Waals surface area contributed by atoms with Crippen LogP contribution in [0.5, 0.6) is 0 Å². The van der Waals surface area contributed by atoms with E-state index in [2.05, 4.69) is 52.8 Å². The highest BCUT2D eigenvalue weighted by Gasteiger charge is 2.38. The maximum absolute atomic E-state index is 11.1. The largest absolute Gasteiger partial charge is 0.478 e. The molecule has 2 aliphatic rings. The number of hydrogen-bond acceptors (Lipinski definition) is 1. The molecule has 2 aromatic rings. The molecule has 2 heteroatoms. The fourth-order valence-electron chi connectivity index (χ4n) is 5.45. The van der Waals surface area contributed by atoms with E-state index in [1.54, 1.807) is 12.1 Å². The molecule has 2 nitrogen and oxygen atoms in total. The SMILES string of the molecule is Cc1cc2c(cc1C1CCC/C1=C\c1ccc(C(=O)O)cc1)C(C)(C)CCC2(C)C. The lowest BCUT2D eigenvalue weighted by Crippen LogP contribution is -2.34. The predicted octanol–water partition coefficient (Wildman–Crippen LogP) is 7.39. The number of carbonyl (C=O) groups is 1. The Morgan fingerprint density at radius 2 is 1.60 bits per heavy atom. The first kappa shape index (κ1) is 20.9. The number of carboxylic acids is 1. The van der Waals surface area contributed by atoms with E-state index in [0.29, 0.717) is 11.5 Å². The lowest BCUT2D eigenvalue weighted by atomic mass is 9.62. The van der Waals surface area contributed by atoms with E-state index >= 15 is 0 Å². The Labute approximate surface area is 181 Å². The van der Waals surface area contributed by atoms with Gasteiger partial charge in [0.1, 0.15) is 0 Å². The summed E-state index contributed by atoms with van der Waals surface area (Å²) in [5.74, 6) is -0.404. The highest BCUT2D eigenvalue weighted by molar-refractivity contribution is 5.87. The zero-order chi connectivity index (χ0) is 21.7. The van der Waals surface area contributed by atoms with Crippen LogP contribution in [-0.4, -0.2) is 11.1 Å². The summed E-state index contributed by atoms with van der Waals surface area (Å²) in [6.07, 6.45) is 8.30. The van der Waals surface area contributed by atoms with Gasteiger partial charge in [0, 0.05) is 5.92 Å². The molecule has 0 saturated heterocycles. The third-order valence-electron chi connectivity index (χ3n) is 7.53. The molecule has 0 radical (unpaired) electrons. The lowest BCUT2D eigenvalue weighted by Gasteiger charge is -2.42. The van der Waals surface area contributed by atoms with Crippen LogP contribution in [-0.2, 0) is 10.8 Å². The molecule has 4 rings (SSSR count). The number of carboxylic acid groups (broad SMARTS) is 1. The Bertz CT molecular complexity index is 1010. The van der Waals surface area contributed by atoms with Crippen LogP contribution in [0.2, 0.25) is 0 Å². The lowest BCUT2D eigenvalue weighted by molar-refractivity contribution is 0.0697. The summed E-state index contributed by atoms with van der Waals surface area (Å²) < 4.78 is 0. The Balaban J connectivity index is 1.73. The van der Waals surface area contributed by atoms with Crippen molar-refractivity contribution in [3.63, 3.8) is 0 Å². The van der Waals surface area contributed by atoms with Crippen molar-refractivity contribution in [1.29, 1.82) is 0 Å². The van der Waals surface area contributed by atoms with Crippen molar-refractivity contribution in [2.24, 2.45) is 0 Å². The minimum atomic E-state index is -0.872. The normalized spacial score (nSPS) is 23.4. The third kappa shape index (κ3) is 3.73. The molecule has 1 atom stereocenters. The molecule has 0 aromatic heterocycles. The fraction of sp³-hybridized carbons (Fsp3) is 0.464. The van der Waals surface area contributed by atoms with Crippen molar-refractivity contribution >= 4 is 12.0 Å². The second kappa shape index (κ2) is 7.41. The maximum atomic E-state index is 11.1. The molecule has 2 aliphatic carbocycles. The molecule has 0 spiro atoms. The van der Waals surface area contributed by atoms with Gasteiger partial charge >= 0.3 is 5.97 Å². The highest BCUT2D eigenvalue weighted by atomic mass is 16.4. The van der Waals surface area contributed by atoms with Crippen molar-refractivity contribution < 1.29 is 9.90 Å². The first-order valence-corrected chi connectivity index (χ1v) is 11.3. The predicted molar refractivity (Wildman–Crippen MR) is 124 cm³/mol. The van der Waals surface area contributed by atoms with Crippen LogP contribution in [0.4, 0.5) is 0 Å². The summed E-state index contributed by atoms with van der Waals surface area (Å²) in [7, 11) is 0. The average Bonchev–Trinajstić information content (AvgIpc) is 3.13. The number of rotatable bonds is 3. The second-order valence-electron chi connectivity index (χ2n) is 10.6. The van der Waals surface area contributed by atoms with E-state index < -0.39 is 5.97 Å². The van der Waals surface area contributed by atoms with Crippen LogP contribution in [0.15, 0.2) is 42.0 Å². The van der Waals surface area contributed by atoms with Gasteiger partial charge in [0.05, 0.1) is 5.56 Å². The molecule has 1 N–H and O–H groups in total. The Hall–Kier alpha value is -2.35. The van der Waals surface area contributed by atoms with E-state index in [-0.39, 0.29) is 10.8 Å². The monoisotopic (exact) mass is 402 g/mol. The van der Waals surface area contributed by atoms with E-state index in [1.807, 2.05) is 12.1 Å². The topological polar surface area (TPSA) is 37.3 Å². The minimum Gasteiger partial charge on any atom is -0.478 e. The van der Waals surface area contributed by atoms with Crippen LogP contribution in [0.3, 0.4) is 0 Å². The van der Waals surface area contributed by atoms with Crippen molar-refractivity contribution in [3.8, 4) is 0 Å². The molecular weight excluding hydrogens is 368 g/mol. The van der Waals surface area contributed by atoms with Gasteiger partial charge in [-0.05, 0) is 89.8 Å². The van der Waals surface area contributed by atoms with Gasteiger partial charge in [-0.15, -0.1) is 0 Å². The number of benzene rings is 2. The van der Waals surface area contributed by atoms with Crippen LogP contribution in [0, 0.1) is 6.92 Å². The smallest absolute Gasteiger partial charge is 0.335 e. The van der Waals surface area contributed by atoms with Crippen molar-refractivity contribution in [2.75, 3.05) is 0 Å². The third-order valence-corrected chi connectivity index (χ3v) is 7.53. The van der Waals surface area contributed by atoms with Crippen molar-refractivity contribution in [3.05, 3.63) is 75.4 Å². The van der Waals surface area contributed by atoms with E-state index in [0.717, 1.165) is 12.0 Å². The first-order valence-electron chi connectivity index (χ1n) is 11.3. The average molecular weight is 403 g/mol. The summed E-state index contributed by atoms with van der Waals surface area (Å²) in [6, 6.07) is 12.3. The van der Waals surface area contributed by atoms with Gasteiger partial charge in [-0.1, -0.05) is 63.6 Å². The van der Waals surface area contributed by atoms with Gasteiger partial charge in [-0.2, -0.15) is 0 Å². The summed E-state index contributed by atoms with van der Waals surface area (Å²) in [5.41, 5.74) is 9.37. The van der Waals surface area contributed by atoms with E-state index in [1.165, 1.54) is 53.5 Å². The molecule has 1 saturated carbocycles. The number of hydrogen-bond donors (Lipinski definition) is 1. The maximum Gasteiger partial charge on any atom is 0.335 e. The van der Waals surface area contributed by atoms with Gasteiger partial charge in [0.15, 0.2) is 0 Å². The van der Waals surface area contributed by atoms with Crippen molar-refractivity contribution in [2.45, 2.75) is 83.5 Å². The molecule has 0 bridgehead atoms. The summed E-state index contributed by atoms with van der Waals surface area (Å²) in [5, 5.41) is 9.14. The van der Waals surface area contributed by atoms with Gasteiger partial charge in [0.25, 0.3) is 0 Å². The van der Waals surface area contributed by atoms with Crippen LogP contribution < -0.4 is 0 Å². The zero-order valence-corrected chi connectivity index (χ0v) is 19.0. The van der Waals surface area contributed by atoms with E-state index in [9.17, 15) is 4.79 Å².